The number of aromatic nitrogens is 7. The van der Waals surface area contributed by atoms with E-state index >= 15 is 0 Å². The third-order valence-electron chi connectivity index (χ3n) is 7.25. The number of nitrogens with two attached hydrogens (primary N) is 1. The fourth-order valence-electron chi connectivity index (χ4n) is 5.16. The largest absolute Gasteiger partial charge is 0.466 e. The summed E-state index contributed by atoms with van der Waals surface area (Å²) >= 11 is 1.10. The molecular formula is C28H20F4N8O2S. The van der Waals surface area contributed by atoms with Gasteiger partial charge in [0.2, 0.25) is 0 Å². The fraction of sp³-hybridized carbons (Fsp3) is 0.214. The van der Waals surface area contributed by atoms with Crippen LogP contribution in [0.5, 0.6) is 5.19 Å². The Balaban J connectivity index is 1.38. The maximum atomic E-state index is 14.3. The summed E-state index contributed by atoms with van der Waals surface area (Å²) < 4.78 is 63.2. The van der Waals surface area contributed by atoms with Crippen LogP contribution in [0.3, 0.4) is 0 Å². The number of anilines is 1. The SMILES string of the molecule is C[C@H](c1nc2ccc(F)cn2c(=O)c1-c1cccc(F)c1)n1nc(-c2cnc(OC3CC(F)(F)C3)s2)c2c(N)ncnc21. The molecular weight excluding hydrogens is 588 g/mol. The molecule has 0 radical (unpaired) electrons. The number of ether oxygens (including phenoxy) is 1. The van der Waals surface area contributed by atoms with Crippen LogP contribution in [0.2, 0.25) is 0 Å². The number of nitrogens with zero attached hydrogens (tertiary/aromatic N) is 7. The number of benzene rings is 1. The van der Waals surface area contributed by atoms with E-state index < -0.39 is 35.3 Å². The number of rotatable bonds is 6. The van der Waals surface area contributed by atoms with Crippen LogP contribution in [0, 0.1) is 11.6 Å². The van der Waals surface area contributed by atoms with Crippen LogP contribution in [-0.2, 0) is 0 Å². The standard InChI is InChI=1S/C28H20F4N8O2S/c1-13(22-20(14-3-2-4-15(29)7-14)26(41)39-11-16(30)5-6-19(39)37-22)40-25-21(24(33)35-12-36-25)23(38-40)18-10-34-27(43-18)42-17-8-28(31,32)9-17/h2-7,10-13,17H,8-9H2,1H3,(H2,33,35,36)/t13-/m1/s1. The highest BCUT2D eigenvalue weighted by atomic mass is 32.1. The zero-order valence-corrected chi connectivity index (χ0v) is 23.0. The summed E-state index contributed by atoms with van der Waals surface area (Å²) in [4.78, 5) is 31.7. The van der Waals surface area contributed by atoms with Crippen molar-refractivity contribution in [3.05, 3.63) is 82.8 Å². The minimum atomic E-state index is -2.74. The number of halogens is 4. The Labute approximate surface area is 243 Å². The van der Waals surface area contributed by atoms with Gasteiger partial charge in [-0.15, -0.1) is 0 Å². The summed E-state index contributed by atoms with van der Waals surface area (Å²) in [6, 6.07) is 7.24. The van der Waals surface area contributed by atoms with Gasteiger partial charge in [-0.2, -0.15) is 5.10 Å². The molecule has 10 nitrogen and oxygen atoms in total. The molecule has 0 saturated heterocycles. The van der Waals surface area contributed by atoms with E-state index in [1.165, 1.54) is 47.5 Å². The Bertz CT molecular complexity index is 2100. The number of fused-ring (bicyclic) bond motifs is 2. The summed E-state index contributed by atoms with van der Waals surface area (Å²) in [6.07, 6.45) is 2.39. The first-order valence-corrected chi connectivity index (χ1v) is 13.9. The Hall–Kier alpha value is -4.92. The fourth-order valence-corrected chi connectivity index (χ4v) is 5.98. The molecule has 15 heteroatoms. The van der Waals surface area contributed by atoms with Crippen molar-refractivity contribution < 1.29 is 22.3 Å². The molecule has 1 saturated carbocycles. The predicted octanol–water partition coefficient (Wildman–Crippen LogP) is 5.27. The Morgan fingerprint density at radius 2 is 1.93 bits per heavy atom. The molecule has 1 aliphatic carbocycles. The average Bonchev–Trinajstić information content (AvgIpc) is 3.57. The van der Waals surface area contributed by atoms with Gasteiger partial charge in [0, 0.05) is 19.0 Å². The lowest BCUT2D eigenvalue weighted by atomic mass is 9.91. The van der Waals surface area contributed by atoms with Crippen molar-refractivity contribution in [3.63, 3.8) is 0 Å². The summed E-state index contributed by atoms with van der Waals surface area (Å²) in [5.41, 5.74) is 7.03. The van der Waals surface area contributed by atoms with Gasteiger partial charge < -0.3 is 10.5 Å². The number of hydrogen-bond donors (Lipinski definition) is 1. The van der Waals surface area contributed by atoms with Crippen molar-refractivity contribution in [1.82, 2.24) is 34.1 Å². The molecule has 2 N–H and O–H groups in total. The number of nitrogen functional groups attached to an aromatic ring is 1. The normalized spacial score (nSPS) is 15.6. The Morgan fingerprint density at radius 1 is 1.12 bits per heavy atom. The molecule has 0 aliphatic heterocycles. The van der Waals surface area contributed by atoms with Gasteiger partial charge in [-0.25, -0.2) is 42.2 Å². The van der Waals surface area contributed by atoms with Gasteiger partial charge in [0.15, 0.2) is 5.65 Å². The first kappa shape index (κ1) is 26.9. The van der Waals surface area contributed by atoms with E-state index in [2.05, 4.69) is 19.9 Å². The quantitative estimate of drug-likeness (QED) is 0.254. The predicted molar refractivity (Wildman–Crippen MR) is 150 cm³/mol. The lowest BCUT2D eigenvalue weighted by Crippen LogP contribution is -2.43. The van der Waals surface area contributed by atoms with E-state index in [1.807, 2.05) is 0 Å². The molecule has 1 atom stereocenters. The molecule has 0 amide bonds. The first-order chi connectivity index (χ1) is 20.6. The van der Waals surface area contributed by atoms with E-state index in [-0.39, 0.29) is 46.3 Å². The minimum Gasteiger partial charge on any atom is -0.466 e. The molecule has 5 heterocycles. The molecule has 5 aromatic heterocycles. The van der Waals surface area contributed by atoms with Gasteiger partial charge in [0.1, 0.15) is 41.2 Å². The van der Waals surface area contributed by atoms with Crippen molar-refractivity contribution in [1.29, 1.82) is 0 Å². The zero-order valence-electron chi connectivity index (χ0n) is 22.2. The van der Waals surface area contributed by atoms with Crippen LogP contribution >= 0.6 is 11.3 Å². The van der Waals surface area contributed by atoms with Gasteiger partial charge in [0.25, 0.3) is 16.7 Å². The minimum absolute atomic E-state index is 0.0492. The summed E-state index contributed by atoms with van der Waals surface area (Å²) in [7, 11) is 0. The number of alkyl halides is 2. The lowest BCUT2D eigenvalue weighted by Gasteiger charge is -2.33. The van der Waals surface area contributed by atoms with E-state index in [1.54, 1.807) is 13.0 Å². The Morgan fingerprint density at radius 3 is 2.70 bits per heavy atom. The van der Waals surface area contributed by atoms with Crippen LogP contribution in [0.1, 0.15) is 31.5 Å². The molecule has 6 aromatic rings. The van der Waals surface area contributed by atoms with E-state index in [0.717, 1.165) is 21.9 Å². The monoisotopic (exact) mass is 608 g/mol. The van der Waals surface area contributed by atoms with Crippen LogP contribution in [0.15, 0.2) is 59.9 Å². The maximum Gasteiger partial charge on any atom is 0.274 e. The van der Waals surface area contributed by atoms with Gasteiger partial charge in [0.05, 0.1) is 33.8 Å². The highest BCUT2D eigenvalue weighted by Crippen LogP contribution is 2.42. The van der Waals surface area contributed by atoms with Crippen LogP contribution in [0.25, 0.3) is 38.4 Å². The summed E-state index contributed by atoms with van der Waals surface area (Å²) in [6.45, 7) is 1.73. The van der Waals surface area contributed by atoms with Crippen LogP contribution in [-0.4, -0.2) is 46.1 Å². The third kappa shape index (κ3) is 4.65. The lowest BCUT2D eigenvalue weighted by molar-refractivity contribution is -0.134. The zero-order chi connectivity index (χ0) is 30.0. The van der Waals surface area contributed by atoms with Gasteiger partial charge >= 0.3 is 0 Å². The van der Waals surface area contributed by atoms with Crippen LogP contribution in [0.4, 0.5) is 23.4 Å². The summed E-state index contributed by atoms with van der Waals surface area (Å²) in [5.74, 6) is -3.82. The van der Waals surface area contributed by atoms with Gasteiger partial charge in [-0.05, 0) is 36.8 Å². The second-order valence-corrected chi connectivity index (χ2v) is 11.2. The van der Waals surface area contributed by atoms with E-state index in [9.17, 15) is 22.4 Å². The molecule has 218 valence electrons. The highest BCUT2D eigenvalue weighted by molar-refractivity contribution is 7.16. The topological polar surface area (TPSA) is 126 Å². The molecule has 1 aliphatic rings. The number of hydrogen-bond acceptors (Lipinski definition) is 9. The van der Waals surface area contributed by atoms with Crippen molar-refractivity contribution in [2.75, 3.05) is 5.73 Å². The molecule has 1 fully saturated rings. The molecule has 43 heavy (non-hydrogen) atoms. The third-order valence-corrected chi connectivity index (χ3v) is 8.14. The molecule has 1 aromatic carbocycles. The smallest absolute Gasteiger partial charge is 0.274 e. The first-order valence-electron chi connectivity index (χ1n) is 13.0. The number of pyridine rings is 1. The van der Waals surface area contributed by atoms with Crippen molar-refractivity contribution >= 4 is 33.8 Å². The van der Waals surface area contributed by atoms with Crippen molar-refractivity contribution in [2.45, 2.75) is 37.8 Å². The molecule has 0 unspecified atom stereocenters. The molecule has 7 rings (SSSR count). The maximum absolute atomic E-state index is 14.3. The van der Waals surface area contributed by atoms with Crippen molar-refractivity contribution in [3.8, 4) is 26.9 Å². The Kier molecular flexibility index (Phi) is 6.16. The van der Waals surface area contributed by atoms with E-state index in [4.69, 9.17) is 15.6 Å². The van der Waals surface area contributed by atoms with E-state index in [0.29, 0.717) is 21.6 Å². The van der Waals surface area contributed by atoms with Crippen LogP contribution < -0.4 is 16.0 Å². The molecule has 0 spiro atoms. The molecule has 0 bridgehead atoms. The highest BCUT2D eigenvalue weighted by Gasteiger charge is 2.47. The van der Waals surface area contributed by atoms with Crippen molar-refractivity contribution in [2.24, 2.45) is 0 Å². The van der Waals surface area contributed by atoms with Gasteiger partial charge in [-0.3, -0.25) is 9.20 Å². The average molecular weight is 609 g/mol. The number of thiazole rings is 1. The second kappa shape index (κ2) is 9.83. The van der Waals surface area contributed by atoms with Gasteiger partial charge in [-0.1, -0.05) is 23.5 Å². The second-order valence-electron chi connectivity index (χ2n) is 10.2. The summed E-state index contributed by atoms with van der Waals surface area (Å²) in [5, 5.41) is 5.36.